The minimum atomic E-state index is -3.80. The molecule has 8 heteroatoms. The first-order valence-corrected chi connectivity index (χ1v) is 6.73. The van der Waals surface area contributed by atoms with Gasteiger partial charge >= 0.3 is 0 Å². The summed E-state index contributed by atoms with van der Waals surface area (Å²) in [6, 6.07) is 2.92. The van der Waals surface area contributed by atoms with Crippen molar-refractivity contribution in [2.45, 2.75) is 11.8 Å². The van der Waals surface area contributed by atoms with E-state index in [1.165, 1.54) is 13.2 Å². The molecule has 2 aromatic rings. The summed E-state index contributed by atoms with van der Waals surface area (Å²) in [4.78, 5) is -0.0274. The number of nitrogens with zero attached hydrogens (tertiary/aromatic N) is 3. The molecule has 0 saturated carbocycles. The molecule has 1 aromatic carbocycles. The lowest BCUT2D eigenvalue weighted by atomic mass is 10.2. The van der Waals surface area contributed by atoms with Gasteiger partial charge in [-0.15, -0.1) is 10.2 Å². The van der Waals surface area contributed by atoms with Crippen molar-refractivity contribution in [3.05, 3.63) is 35.4 Å². The van der Waals surface area contributed by atoms with E-state index in [2.05, 4.69) is 10.2 Å². The Morgan fingerprint density at radius 1 is 1.28 bits per heavy atom. The summed E-state index contributed by atoms with van der Waals surface area (Å²) in [6.45, 7) is 1.76. The molecule has 0 amide bonds. The highest BCUT2D eigenvalue weighted by Crippen LogP contribution is 2.31. The van der Waals surface area contributed by atoms with E-state index in [4.69, 9.17) is 16.3 Å². The molecule has 2 rings (SSSR count). The maximum absolute atomic E-state index is 12.3. The molecule has 0 aliphatic rings. The quantitative estimate of drug-likeness (QED) is 0.855. The largest absolute Gasteiger partial charge is 0.495 e. The number of ether oxygens (including phenoxy) is 1. The lowest BCUT2D eigenvalue weighted by Crippen LogP contribution is -2.12. The van der Waals surface area contributed by atoms with Gasteiger partial charge in [0.25, 0.3) is 10.0 Å². The first-order valence-electron chi connectivity index (χ1n) is 4.91. The molecule has 1 heterocycles. The van der Waals surface area contributed by atoms with Crippen molar-refractivity contribution in [3.63, 3.8) is 0 Å². The fourth-order valence-electron chi connectivity index (χ4n) is 1.43. The Labute approximate surface area is 109 Å². The number of hydrogen-bond acceptors (Lipinski definition) is 5. The van der Waals surface area contributed by atoms with Crippen molar-refractivity contribution in [2.75, 3.05) is 7.11 Å². The third-order valence-corrected chi connectivity index (χ3v) is 4.42. The van der Waals surface area contributed by atoms with E-state index in [1.54, 1.807) is 13.0 Å². The van der Waals surface area contributed by atoms with Gasteiger partial charge in [-0.25, -0.2) is 12.4 Å². The summed E-state index contributed by atoms with van der Waals surface area (Å²) in [5.41, 5.74) is 0.733. The SMILES string of the molecule is COc1cc(C)c(Cl)cc1S(=O)(=O)n1cnnc1. The zero-order valence-corrected chi connectivity index (χ0v) is 11.2. The summed E-state index contributed by atoms with van der Waals surface area (Å²) in [6.07, 6.45) is 2.20. The predicted octanol–water partition coefficient (Wildman–Crippen LogP) is 1.49. The van der Waals surface area contributed by atoms with E-state index in [-0.39, 0.29) is 10.6 Å². The lowest BCUT2D eigenvalue weighted by Gasteiger charge is -2.11. The van der Waals surface area contributed by atoms with Gasteiger partial charge in [-0.05, 0) is 24.6 Å². The molecule has 18 heavy (non-hydrogen) atoms. The van der Waals surface area contributed by atoms with E-state index >= 15 is 0 Å². The van der Waals surface area contributed by atoms with Crippen LogP contribution in [0.3, 0.4) is 0 Å². The zero-order valence-electron chi connectivity index (χ0n) is 9.66. The molecule has 0 radical (unpaired) electrons. The summed E-state index contributed by atoms with van der Waals surface area (Å²) in [5.74, 6) is 0.227. The summed E-state index contributed by atoms with van der Waals surface area (Å²) >= 11 is 5.95. The molecule has 0 spiro atoms. The van der Waals surface area contributed by atoms with Crippen molar-refractivity contribution in [1.29, 1.82) is 0 Å². The van der Waals surface area contributed by atoms with Crippen molar-refractivity contribution in [3.8, 4) is 5.75 Å². The third-order valence-electron chi connectivity index (χ3n) is 2.40. The predicted molar refractivity (Wildman–Crippen MR) is 65.3 cm³/mol. The second-order valence-corrected chi connectivity index (χ2v) is 5.77. The first kappa shape index (κ1) is 12.8. The van der Waals surface area contributed by atoms with Crippen molar-refractivity contribution >= 4 is 21.6 Å². The Hall–Kier alpha value is -1.60. The molecule has 0 saturated heterocycles. The third kappa shape index (κ3) is 2.06. The minimum absolute atomic E-state index is 0.0274. The molecule has 0 aliphatic heterocycles. The Balaban J connectivity index is 2.68. The van der Waals surface area contributed by atoms with Gasteiger partial charge < -0.3 is 4.74 Å². The normalized spacial score (nSPS) is 11.5. The molecule has 0 bridgehead atoms. The van der Waals surface area contributed by atoms with Crippen LogP contribution in [0.15, 0.2) is 29.7 Å². The number of aromatic nitrogens is 3. The second-order valence-electron chi connectivity index (χ2n) is 3.55. The maximum atomic E-state index is 12.3. The molecule has 0 unspecified atom stereocenters. The highest BCUT2D eigenvalue weighted by atomic mass is 35.5. The fourth-order valence-corrected chi connectivity index (χ4v) is 2.88. The van der Waals surface area contributed by atoms with E-state index in [1.807, 2.05) is 0 Å². The van der Waals surface area contributed by atoms with Crippen molar-refractivity contribution in [2.24, 2.45) is 0 Å². The van der Waals surface area contributed by atoms with Gasteiger partial charge in [0.2, 0.25) is 0 Å². The van der Waals surface area contributed by atoms with Crippen LogP contribution >= 0.6 is 11.6 Å². The molecular weight excluding hydrogens is 278 g/mol. The van der Waals surface area contributed by atoms with Crippen molar-refractivity contribution in [1.82, 2.24) is 14.2 Å². The fraction of sp³-hybridized carbons (Fsp3) is 0.200. The Bertz CT molecular complexity index is 668. The van der Waals surface area contributed by atoms with Crippen LogP contribution in [0.1, 0.15) is 5.56 Å². The smallest absolute Gasteiger partial charge is 0.274 e. The van der Waals surface area contributed by atoms with Crippen LogP contribution < -0.4 is 4.74 Å². The number of aryl methyl sites for hydroxylation is 1. The number of rotatable bonds is 3. The highest BCUT2D eigenvalue weighted by Gasteiger charge is 2.23. The topological polar surface area (TPSA) is 74.1 Å². The number of methoxy groups -OCH3 is 1. The van der Waals surface area contributed by atoms with E-state index < -0.39 is 10.0 Å². The molecule has 0 N–H and O–H groups in total. The Morgan fingerprint density at radius 2 is 1.89 bits per heavy atom. The van der Waals surface area contributed by atoms with Crippen LogP contribution in [-0.4, -0.2) is 29.7 Å². The first-order chi connectivity index (χ1) is 8.46. The van der Waals surface area contributed by atoms with Crippen LogP contribution in [0.4, 0.5) is 0 Å². The Kier molecular flexibility index (Phi) is 3.27. The monoisotopic (exact) mass is 287 g/mol. The molecule has 1 aromatic heterocycles. The molecule has 6 nitrogen and oxygen atoms in total. The summed E-state index contributed by atoms with van der Waals surface area (Å²) in [5, 5.41) is 7.29. The molecule has 96 valence electrons. The van der Waals surface area contributed by atoms with Crippen LogP contribution in [0.5, 0.6) is 5.75 Å². The average molecular weight is 288 g/mol. The number of benzene rings is 1. The molecule has 0 aliphatic carbocycles. The lowest BCUT2D eigenvalue weighted by molar-refractivity contribution is 0.402. The van der Waals surface area contributed by atoms with E-state index in [0.29, 0.717) is 5.02 Å². The highest BCUT2D eigenvalue weighted by molar-refractivity contribution is 7.90. The van der Waals surface area contributed by atoms with E-state index in [9.17, 15) is 8.42 Å². The van der Waals surface area contributed by atoms with E-state index in [0.717, 1.165) is 22.2 Å². The van der Waals surface area contributed by atoms with Gasteiger partial charge in [0.05, 0.1) is 7.11 Å². The number of halogens is 1. The van der Waals surface area contributed by atoms with Crippen LogP contribution in [0.2, 0.25) is 5.02 Å². The Morgan fingerprint density at radius 3 is 2.44 bits per heavy atom. The van der Waals surface area contributed by atoms with Gasteiger partial charge in [-0.1, -0.05) is 11.6 Å². The maximum Gasteiger partial charge on any atom is 0.274 e. The average Bonchev–Trinajstić information content (AvgIpc) is 2.86. The van der Waals surface area contributed by atoms with Gasteiger partial charge in [0.15, 0.2) is 0 Å². The summed E-state index contributed by atoms with van der Waals surface area (Å²) in [7, 11) is -2.40. The van der Waals surface area contributed by atoms with Gasteiger partial charge in [-0.3, -0.25) is 0 Å². The van der Waals surface area contributed by atoms with Gasteiger partial charge in [0, 0.05) is 5.02 Å². The van der Waals surface area contributed by atoms with Crippen LogP contribution in [0.25, 0.3) is 0 Å². The standard InChI is InChI=1S/C10H10ClN3O3S/c1-7-3-9(17-2)10(4-8(7)11)18(15,16)14-5-12-13-6-14/h3-6H,1-2H3. The number of hydrogen-bond donors (Lipinski definition) is 0. The molecule has 0 fully saturated rings. The van der Waals surface area contributed by atoms with Crippen molar-refractivity contribution < 1.29 is 13.2 Å². The molecular formula is C10H10ClN3O3S. The van der Waals surface area contributed by atoms with Gasteiger partial charge in [-0.2, -0.15) is 0 Å². The zero-order chi connectivity index (χ0) is 13.3. The van der Waals surface area contributed by atoms with Crippen LogP contribution in [0, 0.1) is 6.92 Å². The minimum Gasteiger partial charge on any atom is -0.495 e. The summed E-state index contributed by atoms with van der Waals surface area (Å²) < 4.78 is 30.5. The molecule has 0 atom stereocenters. The van der Waals surface area contributed by atoms with Gasteiger partial charge in [0.1, 0.15) is 23.3 Å². The van der Waals surface area contributed by atoms with Crippen LogP contribution in [-0.2, 0) is 10.0 Å². The second kappa shape index (κ2) is 4.58.